The quantitative estimate of drug-likeness (QED) is 0.236. The predicted octanol–water partition coefficient (Wildman–Crippen LogP) is 4.73. The number of carbonyl (C=O) groups is 3. The first kappa shape index (κ1) is 35.1. The normalized spacial score (nSPS) is 12.6. The molecule has 0 spiro atoms. The Balaban J connectivity index is 3.00. The monoisotopic (exact) mass is 562 g/mol. The van der Waals surface area contributed by atoms with Crippen molar-refractivity contribution in [1.29, 1.82) is 0 Å². The number of carbonyl (C=O) groups excluding carboxylic acids is 3. The van der Waals surface area contributed by atoms with Crippen LogP contribution < -0.4 is 4.74 Å². The van der Waals surface area contributed by atoms with Gasteiger partial charge >= 0.3 is 17.9 Å². The molecule has 0 radical (unpaired) electrons. The molecule has 0 aliphatic rings. The van der Waals surface area contributed by atoms with Gasteiger partial charge in [-0.05, 0) is 86.9 Å². The highest BCUT2D eigenvalue weighted by atomic mass is 16.6. The van der Waals surface area contributed by atoms with Crippen LogP contribution in [0.4, 0.5) is 0 Å². The summed E-state index contributed by atoms with van der Waals surface area (Å²) in [6, 6.07) is 7.74. The molecule has 9 heteroatoms. The SMILES string of the molecule is CCOc1ccc(C=CCN(CCN(CC(=O)OC(C)(C)C)CC(=O)OC(C)(C)C)CC(=O)OC(C)(C)C)cc1. The number of hydrogen-bond acceptors (Lipinski definition) is 9. The van der Waals surface area contributed by atoms with E-state index in [4.69, 9.17) is 18.9 Å². The molecule has 0 unspecified atom stereocenters. The molecule has 0 N–H and O–H groups in total. The van der Waals surface area contributed by atoms with Crippen molar-refractivity contribution in [2.24, 2.45) is 0 Å². The zero-order chi connectivity index (χ0) is 30.6. The van der Waals surface area contributed by atoms with Gasteiger partial charge in [-0.1, -0.05) is 24.3 Å². The Hall–Kier alpha value is -2.91. The Morgan fingerprint density at radius 1 is 0.675 bits per heavy atom. The minimum Gasteiger partial charge on any atom is -0.494 e. The minimum atomic E-state index is -0.650. The van der Waals surface area contributed by atoms with Crippen molar-refractivity contribution < 1.29 is 33.3 Å². The van der Waals surface area contributed by atoms with Crippen LogP contribution in [0.25, 0.3) is 6.08 Å². The zero-order valence-electron chi connectivity index (χ0n) is 26.2. The lowest BCUT2D eigenvalue weighted by Gasteiger charge is -2.29. The third kappa shape index (κ3) is 17.6. The van der Waals surface area contributed by atoms with Gasteiger partial charge in [-0.3, -0.25) is 24.2 Å². The minimum absolute atomic E-state index is 0.0532. The Kier molecular flexibility index (Phi) is 13.8. The fourth-order valence-electron chi connectivity index (χ4n) is 3.58. The average molecular weight is 563 g/mol. The number of ether oxygens (including phenoxy) is 4. The molecular weight excluding hydrogens is 512 g/mol. The van der Waals surface area contributed by atoms with Crippen LogP contribution in [-0.2, 0) is 28.6 Å². The maximum Gasteiger partial charge on any atom is 0.320 e. The van der Waals surface area contributed by atoms with E-state index in [1.807, 2.05) is 69.0 Å². The summed E-state index contributed by atoms with van der Waals surface area (Å²) in [5, 5.41) is 0. The van der Waals surface area contributed by atoms with Crippen LogP contribution >= 0.6 is 0 Å². The highest BCUT2D eigenvalue weighted by molar-refractivity contribution is 5.75. The number of hydrogen-bond donors (Lipinski definition) is 0. The topological polar surface area (TPSA) is 94.6 Å². The number of benzene rings is 1. The van der Waals surface area contributed by atoms with Gasteiger partial charge in [0.05, 0.1) is 26.2 Å². The van der Waals surface area contributed by atoms with Gasteiger partial charge in [-0.15, -0.1) is 0 Å². The average Bonchev–Trinajstić information content (AvgIpc) is 2.74. The summed E-state index contributed by atoms with van der Waals surface area (Å²) in [5.74, 6) is -0.427. The van der Waals surface area contributed by atoms with E-state index in [9.17, 15) is 14.4 Å². The van der Waals surface area contributed by atoms with Crippen molar-refractivity contribution in [1.82, 2.24) is 9.80 Å². The Morgan fingerprint density at radius 2 is 1.07 bits per heavy atom. The highest BCUT2D eigenvalue weighted by Crippen LogP contribution is 2.14. The van der Waals surface area contributed by atoms with Gasteiger partial charge in [-0.25, -0.2) is 0 Å². The molecule has 0 heterocycles. The molecule has 0 saturated carbocycles. The van der Waals surface area contributed by atoms with E-state index in [0.717, 1.165) is 11.3 Å². The van der Waals surface area contributed by atoms with Gasteiger partial charge in [0.15, 0.2) is 0 Å². The van der Waals surface area contributed by atoms with Crippen LogP contribution in [0.15, 0.2) is 30.3 Å². The van der Waals surface area contributed by atoms with E-state index >= 15 is 0 Å². The molecule has 1 rings (SSSR count). The highest BCUT2D eigenvalue weighted by Gasteiger charge is 2.25. The molecule has 0 fully saturated rings. The molecule has 0 atom stereocenters. The molecular formula is C31H50N2O7. The van der Waals surface area contributed by atoms with E-state index < -0.39 is 28.7 Å². The van der Waals surface area contributed by atoms with Crippen LogP contribution in [0, 0.1) is 0 Å². The maximum atomic E-state index is 12.7. The fraction of sp³-hybridized carbons (Fsp3) is 0.645. The van der Waals surface area contributed by atoms with E-state index in [0.29, 0.717) is 26.2 Å². The number of rotatable bonds is 14. The second-order valence-corrected chi connectivity index (χ2v) is 12.6. The van der Waals surface area contributed by atoms with Gasteiger partial charge in [-0.2, -0.15) is 0 Å². The lowest BCUT2D eigenvalue weighted by molar-refractivity contribution is -0.161. The van der Waals surface area contributed by atoms with Gasteiger partial charge in [0, 0.05) is 19.6 Å². The third-order valence-electron chi connectivity index (χ3n) is 4.92. The van der Waals surface area contributed by atoms with Crippen LogP contribution in [0.1, 0.15) is 74.8 Å². The van der Waals surface area contributed by atoms with Crippen molar-refractivity contribution in [2.75, 3.05) is 45.9 Å². The zero-order valence-corrected chi connectivity index (χ0v) is 26.2. The molecule has 0 aliphatic carbocycles. The maximum absolute atomic E-state index is 12.7. The van der Waals surface area contributed by atoms with Crippen LogP contribution in [-0.4, -0.2) is 90.4 Å². The largest absolute Gasteiger partial charge is 0.494 e. The predicted molar refractivity (Wildman–Crippen MR) is 157 cm³/mol. The molecule has 9 nitrogen and oxygen atoms in total. The van der Waals surface area contributed by atoms with Crippen molar-refractivity contribution in [3.05, 3.63) is 35.9 Å². The molecule has 40 heavy (non-hydrogen) atoms. The summed E-state index contributed by atoms with van der Waals surface area (Å²) in [6.45, 7) is 19.9. The lowest BCUT2D eigenvalue weighted by Crippen LogP contribution is -2.44. The van der Waals surface area contributed by atoms with E-state index in [2.05, 4.69) is 0 Å². The molecule has 226 valence electrons. The number of esters is 3. The lowest BCUT2D eigenvalue weighted by atomic mass is 10.2. The molecule has 0 amide bonds. The second-order valence-electron chi connectivity index (χ2n) is 12.6. The van der Waals surface area contributed by atoms with Gasteiger partial charge < -0.3 is 18.9 Å². The van der Waals surface area contributed by atoms with E-state index in [1.165, 1.54) is 0 Å². The first-order valence-corrected chi connectivity index (χ1v) is 13.8. The molecule has 0 saturated heterocycles. The summed E-state index contributed by atoms with van der Waals surface area (Å²) in [7, 11) is 0. The summed E-state index contributed by atoms with van der Waals surface area (Å²) < 4.78 is 22.0. The standard InChI is InChI=1S/C31H50N2O7/c1-11-37-25-16-14-24(15-17-25)13-12-18-32(21-26(34)38-29(2,3)4)19-20-33(22-27(35)39-30(5,6)7)23-28(36)40-31(8,9)10/h12-17H,11,18-23H2,1-10H3. The van der Waals surface area contributed by atoms with Gasteiger partial charge in [0.1, 0.15) is 22.6 Å². The van der Waals surface area contributed by atoms with Gasteiger partial charge in [0.2, 0.25) is 0 Å². The first-order chi connectivity index (χ1) is 18.3. The Morgan fingerprint density at radius 3 is 1.48 bits per heavy atom. The first-order valence-electron chi connectivity index (χ1n) is 13.8. The van der Waals surface area contributed by atoms with E-state index in [-0.39, 0.29) is 25.6 Å². The third-order valence-corrected chi connectivity index (χ3v) is 4.92. The summed E-state index contributed by atoms with van der Waals surface area (Å²) in [4.78, 5) is 41.4. The van der Waals surface area contributed by atoms with Crippen LogP contribution in [0.3, 0.4) is 0 Å². The molecule has 1 aromatic rings. The van der Waals surface area contributed by atoms with Crippen LogP contribution in [0.5, 0.6) is 5.75 Å². The second kappa shape index (κ2) is 15.8. The summed E-state index contributed by atoms with van der Waals surface area (Å²) >= 11 is 0. The Labute approximate surface area is 240 Å². The summed E-state index contributed by atoms with van der Waals surface area (Å²) in [6.07, 6.45) is 3.93. The van der Waals surface area contributed by atoms with Crippen LogP contribution in [0.2, 0.25) is 0 Å². The number of nitrogens with zero attached hydrogens (tertiary/aromatic N) is 2. The molecule has 1 aromatic carbocycles. The van der Waals surface area contributed by atoms with Crippen molar-refractivity contribution >= 4 is 24.0 Å². The molecule has 0 aromatic heterocycles. The molecule has 0 aliphatic heterocycles. The summed E-state index contributed by atoms with van der Waals surface area (Å²) in [5.41, 5.74) is -0.913. The smallest absolute Gasteiger partial charge is 0.320 e. The van der Waals surface area contributed by atoms with Crippen molar-refractivity contribution in [2.45, 2.75) is 86.0 Å². The van der Waals surface area contributed by atoms with Crippen molar-refractivity contribution in [3.8, 4) is 5.75 Å². The molecule has 0 bridgehead atoms. The van der Waals surface area contributed by atoms with Crippen molar-refractivity contribution in [3.63, 3.8) is 0 Å². The van der Waals surface area contributed by atoms with E-state index in [1.54, 1.807) is 46.4 Å². The fourth-order valence-corrected chi connectivity index (χ4v) is 3.58. The van der Waals surface area contributed by atoms with Gasteiger partial charge in [0.25, 0.3) is 0 Å². The Bertz CT molecular complexity index is 937.